The summed E-state index contributed by atoms with van der Waals surface area (Å²) in [6, 6.07) is 0.346. The number of hydrogen-bond donors (Lipinski definition) is 1. The fourth-order valence-corrected chi connectivity index (χ4v) is 3.02. The predicted octanol–water partition coefficient (Wildman–Crippen LogP) is 0.844. The first-order chi connectivity index (χ1) is 8.22. The molecule has 4 nitrogen and oxygen atoms in total. The minimum atomic E-state index is -0.145. The second-order valence-corrected chi connectivity index (χ2v) is 5.23. The summed E-state index contributed by atoms with van der Waals surface area (Å²) in [4.78, 5) is 16.1. The molecule has 2 rings (SSSR count). The van der Waals surface area contributed by atoms with Gasteiger partial charge in [0.05, 0.1) is 6.10 Å². The summed E-state index contributed by atoms with van der Waals surface area (Å²) in [6.45, 7) is 5.57. The van der Waals surface area contributed by atoms with E-state index in [1.807, 2.05) is 11.8 Å². The molecule has 1 heterocycles. The Morgan fingerprint density at radius 3 is 2.47 bits per heavy atom. The molecular weight excluding hydrogens is 216 g/mol. The highest BCUT2D eigenvalue weighted by Gasteiger charge is 2.32. The number of aliphatic hydroxyl groups excluding tert-OH is 1. The number of carbonyl (C=O) groups is 1. The normalized spacial score (nSPS) is 30.8. The van der Waals surface area contributed by atoms with Crippen LogP contribution in [0.4, 0.5) is 0 Å². The average Bonchev–Trinajstić information content (AvgIpc) is 2.76. The lowest BCUT2D eigenvalue weighted by Crippen LogP contribution is -2.53. The maximum atomic E-state index is 11.7. The van der Waals surface area contributed by atoms with Gasteiger partial charge in [-0.1, -0.05) is 6.92 Å². The lowest BCUT2D eigenvalue weighted by Gasteiger charge is -2.39. The molecule has 1 saturated carbocycles. The Hall–Kier alpha value is -0.610. The van der Waals surface area contributed by atoms with Gasteiger partial charge in [0.15, 0.2) is 0 Å². The van der Waals surface area contributed by atoms with E-state index in [0.717, 1.165) is 51.9 Å². The molecule has 2 fully saturated rings. The molecule has 0 bridgehead atoms. The molecule has 0 aromatic rings. The van der Waals surface area contributed by atoms with E-state index in [4.69, 9.17) is 0 Å². The van der Waals surface area contributed by atoms with Crippen LogP contribution in [0.2, 0.25) is 0 Å². The number of rotatable bonds is 3. The second-order valence-electron chi connectivity index (χ2n) is 5.23. The Morgan fingerprint density at radius 1 is 1.24 bits per heavy atom. The van der Waals surface area contributed by atoms with Crippen LogP contribution < -0.4 is 0 Å². The van der Waals surface area contributed by atoms with Crippen LogP contribution in [0, 0.1) is 0 Å². The van der Waals surface area contributed by atoms with Gasteiger partial charge in [-0.05, 0) is 25.7 Å². The van der Waals surface area contributed by atoms with Crippen LogP contribution in [0.1, 0.15) is 39.0 Å². The van der Waals surface area contributed by atoms with Gasteiger partial charge in [0.1, 0.15) is 0 Å². The zero-order chi connectivity index (χ0) is 12.3. The molecule has 1 aliphatic heterocycles. The van der Waals surface area contributed by atoms with Crippen LogP contribution in [0.3, 0.4) is 0 Å². The highest BCUT2D eigenvalue weighted by molar-refractivity contribution is 5.76. The van der Waals surface area contributed by atoms with Crippen molar-refractivity contribution in [1.82, 2.24) is 9.80 Å². The SMILES string of the molecule is CCCC(=O)N1CCN([C@@H]2CCC[C@@H]2O)CC1. The summed E-state index contributed by atoms with van der Waals surface area (Å²) in [5.74, 6) is 0.291. The van der Waals surface area contributed by atoms with Crippen LogP contribution in [0.5, 0.6) is 0 Å². The van der Waals surface area contributed by atoms with E-state index in [9.17, 15) is 9.90 Å². The average molecular weight is 240 g/mol. The molecule has 0 aromatic heterocycles. The maximum Gasteiger partial charge on any atom is 0.222 e. The first-order valence-corrected chi connectivity index (χ1v) is 6.92. The first kappa shape index (κ1) is 12.8. The fourth-order valence-electron chi connectivity index (χ4n) is 3.02. The monoisotopic (exact) mass is 240 g/mol. The van der Waals surface area contributed by atoms with Crippen LogP contribution in [0.25, 0.3) is 0 Å². The molecular formula is C13H24N2O2. The van der Waals surface area contributed by atoms with Gasteiger partial charge >= 0.3 is 0 Å². The third-order valence-electron chi connectivity index (χ3n) is 4.04. The minimum absolute atomic E-state index is 0.145. The molecule has 2 aliphatic rings. The van der Waals surface area contributed by atoms with Crippen molar-refractivity contribution in [3.63, 3.8) is 0 Å². The van der Waals surface area contributed by atoms with Crippen LogP contribution >= 0.6 is 0 Å². The van der Waals surface area contributed by atoms with Crippen molar-refractivity contribution in [2.75, 3.05) is 26.2 Å². The van der Waals surface area contributed by atoms with E-state index >= 15 is 0 Å². The van der Waals surface area contributed by atoms with E-state index in [-0.39, 0.29) is 6.10 Å². The first-order valence-electron chi connectivity index (χ1n) is 6.92. The summed E-state index contributed by atoms with van der Waals surface area (Å²) in [7, 11) is 0. The molecule has 1 amide bonds. The van der Waals surface area contributed by atoms with Crippen molar-refractivity contribution in [2.24, 2.45) is 0 Å². The van der Waals surface area contributed by atoms with E-state index in [1.165, 1.54) is 0 Å². The van der Waals surface area contributed by atoms with Gasteiger partial charge in [-0.15, -0.1) is 0 Å². The highest BCUT2D eigenvalue weighted by atomic mass is 16.3. The Balaban J connectivity index is 1.79. The van der Waals surface area contributed by atoms with E-state index in [1.54, 1.807) is 0 Å². The standard InChI is InChI=1S/C13H24N2O2/c1-2-4-13(17)15-9-7-14(8-10-15)11-5-3-6-12(11)16/h11-12,16H,2-10H2,1H3/t11-,12+/m1/s1. The van der Waals surface area contributed by atoms with Crippen LogP contribution in [0.15, 0.2) is 0 Å². The number of nitrogens with zero attached hydrogens (tertiary/aromatic N) is 2. The van der Waals surface area contributed by atoms with Crippen molar-refractivity contribution in [1.29, 1.82) is 0 Å². The molecule has 0 unspecified atom stereocenters. The zero-order valence-electron chi connectivity index (χ0n) is 10.8. The molecule has 1 saturated heterocycles. The molecule has 0 radical (unpaired) electrons. The molecule has 1 N–H and O–H groups in total. The lowest BCUT2D eigenvalue weighted by atomic mass is 10.1. The number of hydrogen-bond acceptors (Lipinski definition) is 3. The highest BCUT2D eigenvalue weighted by Crippen LogP contribution is 2.25. The fraction of sp³-hybridized carbons (Fsp3) is 0.923. The van der Waals surface area contributed by atoms with Gasteiger partial charge < -0.3 is 10.0 Å². The molecule has 0 aromatic carbocycles. The van der Waals surface area contributed by atoms with Gasteiger partial charge in [-0.3, -0.25) is 9.69 Å². The molecule has 1 aliphatic carbocycles. The molecule has 2 atom stereocenters. The Kier molecular flexibility index (Phi) is 4.40. The summed E-state index contributed by atoms with van der Waals surface area (Å²) >= 11 is 0. The van der Waals surface area contributed by atoms with Crippen molar-refractivity contribution in [2.45, 2.75) is 51.2 Å². The largest absolute Gasteiger partial charge is 0.391 e. The zero-order valence-corrected chi connectivity index (χ0v) is 10.8. The van der Waals surface area contributed by atoms with Crippen LogP contribution in [-0.4, -0.2) is 59.1 Å². The van der Waals surface area contributed by atoms with Gasteiger partial charge in [-0.2, -0.15) is 0 Å². The number of amides is 1. The Morgan fingerprint density at radius 2 is 1.94 bits per heavy atom. The van der Waals surface area contributed by atoms with Gasteiger partial charge in [0, 0.05) is 38.6 Å². The van der Waals surface area contributed by atoms with E-state index < -0.39 is 0 Å². The summed E-state index contributed by atoms with van der Waals surface area (Å²) in [5.41, 5.74) is 0. The van der Waals surface area contributed by atoms with Gasteiger partial charge in [0.25, 0.3) is 0 Å². The second kappa shape index (κ2) is 5.83. The molecule has 98 valence electrons. The smallest absolute Gasteiger partial charge is 0.222 e. The molecule has 4 heteroatoms. The number of aliphatic hydroxyl groups is 1. The topological polar surface area (TPSA) is 43.8 Å². The third-order valence-corrected chi connectivity index (χ3v) is 4.04. The minimum Gasteiger partial charge on any atom is -0.391 e. The number of carbonyl (C=O) groups excluding carboxylic acids is 1. The Bertz CT molecular complexity index is 262. The lowest BCUT2D eigenvalue weighted by molar-refractivity contribution is -0.133. The van der Waals surface area contributed by atoms with Crippen molar-refractivity contribution >= 4 is 5.91 Å². The third kappa shape index (κ3) is 2.99. The van der Waals surface area contributed by atoms with Gasteiger partial charge in [-0.25, -0.2) is 0 Å². The van der Waals surface area contributed by atoms with Crippen molar-refractivity contribution in [3.05, 3.63) is 0 Å². The molecule has 0 spiro atoms. The maximum absolute atomic E-state index is 11.7. The summed E-state index contributed by atoms with van der Waals surface area (Å²) in [6.07, 6.45) is 4.66. The van der Waals surface area contributed by atoms with E-state index in [2.05, 4.69) is 4.90 Å². The quantitative estimate of drug-likeness (QED) is 0.795. The number of piperazine rings is 1. The van der Waals surface area contributed by atoms with Crippen LogP contribution in [-0.2, 0) is 4.79 Å². The van der Waals surface area contributed by atoms with Gasteiger partial charge in [0.2, 0.25) is 5.91 Å². The Labute approximate surface area is 104 Å². The predicted molar refractivity (Wildman–Crippen MR) is 66.7 cm³/mol. The summed E-state index contributed by atoms with van der Waals surface area (Å²) in [5, 5.41) is 9.88. The molecule has 17 heavy (non-hydrogen) atoms. The van der Waals surface area contributed by atoms with Crippen molar-refractivity contribution in [3.8, 4) is 0 Å². The van der Waals surface area contributed by atoms with E-state index in [0.29, 0.717) is 18.4 Å². The summed E-state index contributed by atoms with van der Waals surface area (Å²) < 4.78 is 0. The van der Waals surface area contributed by atoms with Crippen molar-refractivity contribution < 1.29 is 9.90 Å².